The average molecular weight is 1930 g/mol. The van der Waals surface area contributed by atoms with E-state index in [0.29, 0.717) is 62.6 Å². The number of rotatable bonds is 15. The molecular weight excluding hydrogens is 1780 g/mol. The third-order valence-electron chi connectivity index (χ3n) is 29.9. The number of fused-ring (bicyclic) bond motifs is 2. The molecule has 11 N–H and O–H groups in total. The molecule has 8 unspecified atom stereocenters. The number of aliphatic hydroxyl groups is 6. The van der Waals surface area contributed by atoms with E-state index in [4.69, 9.17) is 62.1 Å². The van der Waals surface area contributed by atoms with Gasteiger partial charge in [0.15, 0.2) is 24.0 Å². The molecule has 0 radical (unpaired) electrons. The van der Waals surface area contributed by atoms with Gasteiger partial charge in [0.1, 0.15) is 69.7 Å². The van der Waals surface area contributed by atoms with Gasteiger partial charge in [-0.3, -0.25) is 38.8 Å². The van der Waals surface area contributed by atoms with Gasteiger partial charge in [0.05, 0.1) is 99.7 Å². The van der Waals surface area contributed by atoms with E-state index in [0.717, 1.165) is 32.5 Å². The molecule has 8 aliphatic heterocycles. The van der Waals surface area contributed by atoms with Crippen LogP contribution in [0.4, 0.5) is 15.8 Å². The first kappa shape index (κ1) is 109. The van der Waals surface area contributed by atoms with Crippen LogP contribution in [0.15, 0.2) is 69.2 Å². The van der Waals surface area contributed by atoms with E-state index in [9.17, 15) is 83.9 Å². The number of aromatic nitrogens is 1. The van der Waals surface area contributed by atoms with Crippen molar-refractivity contribution in [3.63, 3.8) is 0 Å². The second-order valence-electron chi connectivity index (χ2n) is 41.0. The number of piperidine rings is 1. The number of hydrogen-bond acceptors (Lipinski definition) is 32. The van der Waals surface area contributed by atoms with Gasteiger partial charge in [0.25, 0.3) is 11.7 Å². The number of ketones is 2. The van der Waals surface area contributed by atoms with Gasteiger partial charge in [0.2, 0.25) is 5.43 Å². The van der Waals surface area contributed by atoms with E-state index in [1.807, 2.05) is 42.3 Å². The van der Waals surface area contributed by atoms with E-state index in [2.05, 4.69) is 29.4 Å². The number of carbonyl (C=O) groups is 6. The number of methoxy groups -OCH3 is 3. The first-order valence-electron chi connectivity index (χ1n) is 48.2. The van der Waals surface area contributed by atoms with Crippen molar-refractivity contribution in [2.75, 3.05) is 91.5 Å². The zero-order valence-electron chi connectivity index (χ0n) is 84.1. The van der Waals surface area contributed by atoms with Crippen molar-refractivity contribution >= 4 is 68.4 Å². The van der Waals surface area contributed by atoms with Gasteiger partial charge >= 0.3 is 23.7 Å². The maximum absolute atomic E-state index is 14.7. The molecule has 137 heavy (non-hydrogen) atoms. The van der Waals surface area contributed by atoms with E-state index >= 15 is 0 Å². The van der Waals surface area contributed by atoms with Gasteiger partial charge in [-0.05, 0) is 126 Å². The number of phenols is 2. The number of amides is 1. The monoisotopic (exact) mass is 1930 g/mol. The number of esters is 2. The van der Waals surface area contributed by atoms with Crippen molar-refractivity contribution in [3.05, 3.63) is 97.9 Å². The summed E-state index contributed by atoms with van der Waals surface area (Å²) in [5.41, 5.74) is -4.66. The van der Waals surface area contributed by atoms with Crippen molar-refractivity contribution in [2.45, 2.75) is 316 Å². The summed E-state index contributed by atoms with van der Waals surface area (Å²) in [6.45, 7) is 39.5. The van der Waals surface area contributed by atoms with Gasteiger partial charge in [-0.1, -0.05) is 87.5 Å². The van der Waals surface area contributed by atoms with Crippen LogP contribution in [0, 0.1) is 66.0 Å². The molecule has 1 amide bonds. The molecule has 3 aromatic carbocycles. The summed E-state index contributed by atoms with van der Waals surface area (Å²) in [5.74, 6) is -12.7. The summed E-state index contributed by atoms with van der Waals surface area (Å²) in [7, 11) is 8.23. The number of aliphatic hydroxyl groups excluding tert-OH is 5. The fourth-order valence-corrected chi connectivity index (χ4v) is 21.1. The van der Waals surface area contributed by atoms with Crippen molar-refractivity contribution < 1.29 is 131 Å². The van der Waals surface area contributed by atoms with Crippen molar-refractivity contribution in [3.8, 4) is 17.2 Å². The third kappa shape index (κ3) is 22.8. The molecule has 1 spiro atoms. The number of likely N-dealkylation sites (N-methyl/N-ethyl adjacent to an activating group) is 1. The topological polar surface area (TPSA) is 467 Å². The van der Waals surface area contributed by atoms with Crippen molar-refractivity contribution in [2.24, 2.45) is 63.2 Å². The Bertz CT molecular complexity index is 5340. The molecule has 9 aliphatic rings. The lowest BCUT2D eigenvalue weighted by atomic mass is 9.74. The van der Waals surface area contributed by atoms with E-state index < -0.39 is 202 Å². The van der Waals surface area contributed by atoms with Crippen molar-refractivity contribution in [1.82, 2.24) is 19.7 Å². The quantitative estimate of drug-likeness (QED) is 0.0391. The van der Waals surface area contributed by atoms with Crippen LogP contribution in [0.3, 0.4) is 0 Å². The Morgan fingerprint density at radius 2 is 1.39 bits per heavy atom. The standard InChI is InChI=1S/C46H62N4O11.C38H69NO13.C17H18FN3O3/c1-22(2)21-50-18-16-46(17-19-50)48-34-31-32-39(54)28(8)42-33(31)43(56)45(10,61-42)59-20-15-30(58-11)25(5)41(60-29(9)51)27(7)38(53)26(6)37(52)23(3)13-12-14-24(4)44(57)47-36(40(32)55)35(34)49-46;1-15-26-38(10,45)31(42)21(4)28(40)19(2)17-37(9,47-14)33(52-35-29(41)25(39(11)12)16-20(3)48-35)22(5)30(23(6)34(44)50-26)51-27-18-36(8,46-13)32(43)24(7)49-27;18-13-7-11-14(8-15(13)20-5-3-19-4-6-20)21(10-1-2-10)9-12(16(11)22)17(23)24/h12-15,20,22-23,25-27,30,37-38,41,52-55H,16-19,21H2,1-11H3,(H,47,57);19-27,29-33,35,41-43,45H,15-18H2,1-14H3;7-10,19H,1-6H2,(H,23,24)/b13-12-,20-15-,24-14+;;/t23-,25+,26+,27-,30-,37-,38+,41-,45-;19-,20?,21+,22+,23-,24?,25?,26-,27?,29?,30+,31-,32?,33-,35?,36?,37-,38-;/m01./s1. The van der Waals surface area contributed by atoms with Crippen LogP contribution in [-0.2, 0) is 66.5 Å². The summed E-state index contributed by atoms with van der Waals surface area (Å²) >= 11 is 0. The number of ether oxygens (including phenoxy) is 11. The number of anilines is 2. The van der Waals surface area contributed by atoms with Crippen molar-refractivity contribution in [1.29, 1.82) is 0 Å². The Morgan fingerprint density at radius 3 is 1.99 bits per heavy atom. The number of aromatic carboxylic acids is 1. The number of Topliss-reactive ketones (excluding diaryl/α,β-unsaturated/α-hetero) is 2. The number of phenolic OH excluding ortho intramolecular Hbond substituents is 2. The minimum Gasteiger partial charge on any atom is -0.507 e. The predicted molar refractivity (Wildman–Crippen MR) is 507 cm³/mol. The Kier molecular flexibility index (Phi) is 34.9. The molecule has 1 aromatic heterocycles. The minimum absolute atomic E-state index is 0.0364. The number of benzene rings is 3. The number of aromatic hydroxyl groups is 2. The zero-order valence-corrected chi connectivity index (χ0v) is 84.1. The number of pyridine rings is 1. The molecule has 1 saturated carbocycles. The molecule has 9 heterocycles. The molecule has 36 heteroatoms. The number of carboxylic acid groups (broad SMARTS) is 1. The fourth-order valence-electron chi connectivity index (χ4n) is 21.1. The average Bonchev–Trinajstić information content (AvgIpc) is 1.54. The van der Waals surface area contributed by atoms with Crippen LogP contribution in [0.25, 0.3) is 21.7 Å². The number of allylic oxidation sites excluding steroid dienone is 2. The summed E-state index contributed by atoms with van der Waals surface area (Å²) < 4.78 is 84.3. The van der Waals surface area contributed by atoms with Gasteiger partial charge in [-0.15, -0.1) is 0 Å². The summed E-state index contributed by atoms with van der Waals surface area (Å²) in [6.07, 6.45) is -0.404. The Morgan fingerprint density at radius 1 is 0.752 bits per heavy atom. The molecule has 35 nitrogen and oxygen atoms in total. The lowest BCUT2D eigenvalue weighted by molar-refractivity contribution is -0.319. The van der Waals surface area contributed by atoms with Crippen LogP contribution in [0.5, 0.6) is 17.2 Å². The number of nitrogens with zero attached hydrogens (tertiary/aromatic N) is 6. The van der Waals surface area contributed by atoms with Crippen LogP contribution in [-0.4, -0.2) is 297 Å². The van der Waals surface area contributed by atoms with Crippen LogP contribution >= 0.6 is 0 Å². The second-order valence-corrected chi connectivity index (χ2v) is 41.0. The molecule has 4 aromatic rings. The minimum atomic E-state index is -1.96. The third-order valence-corrected chi connectivity index (χ3v) is 29.9. The highest BCUT2D eigenvalue weighted by Crippen LogP contribution is 2.52. The van der Waals surface area contributed by atoms with E-state index in [-0.39, 0.29) is 110 Å². The molecule has 1 aliphatic carbocycles. The van der Waals surface area contributed by atoms with Crippen LogP contribution in [0.1, 0.15) is 215 Å². The molecular formula is C101H149FN8O27. The first-order valence-corrected chi connectivity index (χ1v) is 48.2. The highest BCUT2D eigenvalue weighted by Gasteiger charge is 2.57. The maximum atomic E-state index is 14.7. The molecule has 27 atom stereocenters. The number of carbonyl (C=O) groups excluding carboxylic acids is 5. The second kappa shape index (κ2) is 43.9. The van der Waals surface area contributed by atoms with Gasteiger partial charge < -0.3 is 128 Å². The molecule has 5 saturated heterocycles. The summed E-state index contributed by atoms with van der Waals surface area (Å²) in [4.78, 5) is 109. The number of nitrogens with one attached hydrogen (secondary N) is 2. The molecule has 6 fully saturated rings. The van der Waals surface area contributed by atoms with E-state index in [1.165, 1.54) is 60.6 Å². The van der Waals surface area contributed by atoms with E-state index in [1.54, 1.807) is 120 Å². The number of piperazine rings is 1. The Hall–Kier alpha value is -8.54. The normalized spacial score (nSPS) is 36.3. The lowest BCUT2D eigenvalue weighted by Crippen LogP contribution is -2.61. The number of likely N-dealkylation sites (tertiary alicyclic amines) is 1. The molecule has 4 bridgehead atoms. The maximum Gasteiger partial charge on any atom is 0.341 e. The molecule has 13 rings (SSSR count). The Labute approximate surface area is 801 Å². The number of cyclic esters (lactones) is 1. The van der Waals surface area contributed by atoms with Gasteiger partial charge in [-0.25, -0.2) is 9.18 Å². The number of hydrogen-bond donors (Lipinski definition) is 11. The predicted octanol–water partition coefficient (Wildman–Crippen LogP) is 8.77. The smallest absolute Gasteiger partial charge is 0.341 e. The fraction of sp³-hybridized carbons (Fsp3) is 0.693. The highest BCUT2D eigenvalue weighted by molar-refractivity contribution is 6.19. The SMILES string of the molecule is CC[C@H]1OC(=O)[C@H](C)[C@@H](OC2CC(C)(OC)C(O)C(C)O2)[C@H](C)[C@@H](OC2OC(C)CC(N(C)C)C2O)[C@](C)(OC)C[C@@H](C)C(=O)[C@H](C)[C@@H](O)[C@]1(C)O.CO[C@H]1/C=C\O[C@@]2(C)Oc3c(C)c(O)c4c(O)c(c5c(c4c3C2=O)=NC2(CCN(CC(C)C)CC2)N=5)NC(=O)/C(C)=C/C=C\[C@H](C)[C@H](O)[C@@H](C)[C@@H](O)[C@H](C)[C@@H](OC(C)=O)[C@@H]1C.O=C(O)c1cn(C2CC2)c2cc(N3CCNCC3)c(F)cc2c1=O. The van der Waals surface area contributed by atoms with Crippen LogP contribution in [0.2, 0.25) is 0 Å². The lowest BCUT2D eigenvalue weighted by Gasteiger charge is -2.50. The summed E-state index contributed by atoms with van der Waals surface area (Å²) in [5, 5.41) is 108. The van der Waals surface area contributed by atoms with Gasteiger partial charge in [0, 0.05) is 182 Å². The van der Waals surface area contributed by atoms with Crippen LogP contribution < -0.4 is 36.4 Å². The number of halogens is 1. The zero-order chi connectivity index (χ0) is 101. The van der Waals surface area contributed by atoms with Gasteiger partial charge in [-0.2, -0.15) is 0 Å². The first-order chi connectivity index (χ1) is 64.2. The molecule has 762 valence electrons. The highest BCUT2D eigenvalue weighted by atomic mass is 19.1. The number of carboxylic acids is 1. The Balaban J connectivity index is 0.000000213. The largest absolute Gasteiger partial charge is 0.507 e. The summed E-state index contributed by atoms with van der Waals surface area (Å²) in [6, 6.07) is 2.79.